The molecular formula is C18H25IN4O. The highest BCUT2D eigenvalue weighted by molar-refractivity contribution is 14.0. The number of guanidine groups is 1. The van der Waals surface area contributed by atoms with Crippen molar-refractivity contribution >= 4 is 29.9 Å². The molecule has 0 aliphatic heterocycles. The molecule has 0 aliphatic rings. The molecule has 0 spiro atoms. The van der Waals surface area contributed by atoms with Crippen LogP contribution < -0.4 is 15.4 Å². The lowest BCUT2D eigenvalue weighted by Gasteiger charge is -2.11. The largest absolute Gasteiger partial charge is 0.481 e. The molecule has 0 bridgehead atoms. The first-order valence-corrected chi connectivity index (χ1v) is 7.78. The van der Waals surface area contributed by atoms with Crippen LogP contribution in [0.2, 0.25) is 0 Å². The number of aromatic nitrogens is 1. The summed E-state index contributed by atoms with van der Waals surface area (Å²) in [6.45, 7) is 6.29. The number of nitrogens with zero attached hydrogens (tertiary/aromatic N) is 2. The minimum absolute atomic E-state index is 0. The molecule has 2 rings (SSSR count). The third kappa shape index (κ3) is 6.74. The van der Waals surface area contributed by atoms with Crippen molar-refractivity contribution in [3.05, 3.63) is 59.3 Å². The molecule has 6 heteroatoms. The van der Waals surface area contributed by atoms with Crippen molar-refractivity contribution in [2.45, 2.75) is 26.9 Å². The number of hydrogen-bond acceptors (Lipinski definition) is 3. The highest BCUT2D eigenvalue weighted by atomic mass is 127. The number of halogens is 1. The second-order valence-electron chi connectivity index (χ2n) is 5.25. The molecule has 1 heterocycles. The van der Waals surface area contributed by atoms with Gasteiger partial charge in [0.25, 0.3) is 0 Å². The molecule has 0 amide bonds. The lowest BCUT2D eigenvalue weighted by atomic mass is 10.1. The lowest BCUT2D eigenvalue weighted by molar-refractivity contribution is 0.397. The Morgan fingerprint density at radius 1 is 1.17 bits per heavy atom. The maximum Gasteiger partial charge on any atom is 0.212 e. The van der Waals surface area contributed by atoms with Crippen molar-refractivity contribution in [1.29, 1.82) is 0 Å². The molecule has 1 aromatic carbocycles. The normalized spacial score (nSPS) is 10.7. The van der Waals surface area contributed by atoms with Gasteiger partial charge in [-0.1, -0.05) is 35.9 Å². The molecule has 5 nitrogen and oxygen atoms in total. The molecule has 0 fully saturated rings. The first kappa shape index (κ1) is 20.2. The Hall–Kier alpha value is -1.83. The van der Waals surface area contributed by atoms with Crippen LogP contribution in [0.15, 0.2) is 47.6 Å². The van der Waals surface area contributed by atoms with Crippen LogP contribution in [-0.4, -0.2) is 24.6 Å². The van der Waals surface area contributed by atoms with E-state index < -0.39 is 0 Å². The Kier molecular flexibility index (Phi) is 9.14. The summed E-state index contributed by atoms with van der Waals surface area (Å²) in [6.07, 6.45) is 1.78. The Balaban J connectivity index is 0.00000288. The molecule has 0 radical (unpaired) electrons. The van der Waals surface area contributed by atoms with Crippen LogP contribution in [0.4, 0.5) is 0 Å². The van der Waals surface area contributed by atoms with Gasteiger partial charge >= 0.3 is 0 Å². The van der Waals surface area contributed by atoms with Crippen LogP contribution in [0.1, 0.15) is 23.6 Å². The monoisotopic (exact) mass is 440 g/mol. The van der Waals surface area contributed by atoms with Gasteiger partial charge in [0.05, 0.1) is 13.7 Å². The average molecular weight is 440 g/mol. The second-order valence-corrected chi connectivity index (χ2v) is 5.25. The van der Waals surface area contributed by atoms with Crippen molar-refractivity contribution < 1.29 is 4.74 Å². The smallest absolute Gasteiger partial charge is 0.212 e. The van der Waals surface area contributed by atoms with Gasteiger partial charge in [0.2, 0.25) is 5.88 Å². The van der Waals surface area contributed by atoms with Gasteiger partial charge in [0.1, 0.15) is 0 Å². The number of nitrogens with one attached hydrogen (secondary N) is 2. The van der Waals surface area contributed by atoms with E-state index in [9.17, 15) is 0 Å². The van der Waals surface area contributed by atoms with E-state index in [-0.39, 0.29) is 24.0 Å². The summed E-state index contributed by atoms with van der Waals surface area (Å²) in [5.41, 5.74) is 3.54. The Morgan fingerprint density at radius 3 is 2.62 bits per heavy atom. The Morgan fingerprint density at radius 2 is 2.00 bits per heavy atom. The van der Waals surface area contributed by atoms with Crippen LogP contribution in [0.25, 0.3) is 0 Å². The quantitative estimate of drug-likeness (QED) is 0.411. The SMILES string of the molecule is CCNC(=NCc1ccc(OC)nc1)NCc1cccc(C)c1.I. The summed E-state index contributed by atoms with van der Waals surface area (Å²) in [4.78, 5) is 8.78. The lowest BCUT2D eigenvalue weighted by Crippen LogP contribution is -2.36. The number of methoxy groups -OCH3 is 1. The van der Waals surface area contributed by atoms with E-state index in [1.165, 1.54) is 11.1 Å². The molecule has 24 heavy (non-hydrogen) atoms. The first-order valence-electron chi connectivity index (χ1n) is 7.78. The van der Waals surface area contributed by atoms with Gasteiger partial charge in [-0.3, -0.25) is 0 Å². The van der Waals surface area contributed by atoms with Crippen molar-refractivity contribution in [2.75, 3.05) is 13.7 Å². The molecule has 0 saturated heterocycles. The summed E-state index contributed by atoms with van der Waals surface area (Å²) in [6, 6.07) is 12.3. The van der Waals surface area contributed by atoms with Crippen LogP contribution in [0.3, 0.4) is 0 Å². The highest BCUT2D eigenvalue weighted by Gasteiger charge is 2.00. The Bertz CT molecular complexity index is 644. The molecule has 0 atom stereocenters. The summed E-state index contributed by atoms with van der Waals surface area (Å²) in [5.74, 6) is 1.41. The van der Waals surface area contributed by atoms with Gasteiger partial charge in [-0.2, -0.15) is 0 Å². The molecule has 0 saturated carbocycles. The van der Waals surface area contributed by atoms with Gasteiger partial charge in [-0.15, -0.1) is 24.0 Å². The van der Waals surface area contributed by atoms with Crippen molar-refractivity contribution in [3.8, 4) is 5.88 Å². The minimum atomic E-state index is 0. The predicted molar refractivity (Wildman–Crippen MR) is 109 cm³/mol. The maximum atomic E-state index is 5.06. The molecule has 0 unspecified atom stereocenters. The zero-order valence-electron chi connectivity index (χ0n) is 14.4. The third-order valence-electron chi connectivity index (χ3n) is 3.31. The summed E-state index contributed by atoms with van der Waals surface area (Å²) >= 11 is 0. The van der Waals surface area contributed by atoms with Gasteiger partial charge in [-0.05, 0) is 25.0 Å². The molecule has 130 valence electrons. The maximum absolute atomic E-state index is 5.06. The van der Waals surface area contributed by atoms with Crippen LogP contribution in [0.5, 0.6) is 5.88 Å². The molecular weight excluding hydrogens is 415 g/mol. The van der Waals surface area contributed by atoms with E-state index in [2.05, 4.69) is 58.7 Å². The van der Waals surface area contributed by atoms with Gasteiger partial charge in [0.15, 0.2) is 5.96 Å². The molecule has 2 aromatic rings. The number of aryl methyl sites for hydroxylation is 1. The molecule has 0 aliphatic carbocycles. The number of rotatable bonds is 6. The van der Waals surface area contributed by atoms with E-state index >= 15 is 0 Å². The number of benzene rings is 1. The van der Waals surface area contributed by atoms with E-state index in [0.29, 0.717) is 12.4 Å². The van der Waals surface area contributed by atoms with Crippen LogP contribution in [0, 0.1) is 6.92 Å². The third-order valence-corrected chi connectivity index (χ3v) is 3.31. The summed E-state index contributed by atoms with van der Waals surface area (Å²) in [7, 11) is 1.61. The standard InChI is InChI=1S/C18H24N4O.HI/c1-4-19-18(21-11-15-7-5-6-14(2)10-15)22-13-16-8-9-17(23-3)20-12-16;/h5-10,12H,4,11,13H2,1-3H3,(H2,19,21,22);1H. The topological polar surface area (TPSA) is 58.5 Å². The summed E-state index contributed by atoms with van der Waals surface area (Å²) in [5, 5.41) is 6.60. The van der Waals surface area contributed by atoms with Gasteiger partial charge < -0.3 is 15.4 Å². The van der Waals surface area contributed by atoms with Gasteiger partial charge in [0, 0.05) is 25.4 Å². The van der Waals surface area contributed by atoms with E-state index in [0.717, 1.165) is 24.6 Å². The van der Waals surface area contributed by atoms with E-state index in [4.69, 9.17) is 4.74 Å². The highest BCUT2D eigenvalue weighted by Crippen LogP contribution is 2.07. The number of aliphatic imine (C=N–C) groups is 1. The minimum Gasteiger partial charge on any atom is -0.481 e. The second kappa shape index (κ2) is 10.9. The number of pyridine rings is 1. The molecule has 1 aromatic heterocycles. The molecule has 2 N–H and O–H groups in total. The van der Waals surface area contributed by atoms with E-state index in [1.54, 1.807) is 13.3 Å². The van der Waals surface area contributed by atoms with Crippen molar-refractivity contribution in [1.82, 2.24) is 15.6 Å². The van der Waals surface area contributed by atoms with Crippen LogP contribution >= 0.6 is 24.0 Å². The fourth-order valence-electron chi connectivity index (χ4n) is 2.15. The Labute approximate surface area is 161 Å². The zero-order valence-corrected chi connectivity index (χ0v) is 16.7. The van der Waals surface area contributed by atoms with Crippen LogP contribution in [-0.2, 0) is 13.1 Å². The zero-order chi connectivity index (χ0) is 16.5. The number of ether oxygens (including phenoxy) is 1. The fourth-order valence-corrected chi connectivity index (χ4v) is 2.15. The fraction of sp³-hybridized carbons (Fsp3) is 0.333. The average Bonchev–Trinajstić information content (AvgIpc) is 2.58. The van der Waals surface area contributed by atoms with Crippen molar-refractivity contribution in [2.24, 2.45) is 4.99 Å². The first-order chi connectivity index (χ1) is 11.2. The number of hydrogen-bond donors (Lipinski definition) is 2. The predicted octanol–water partition coefficient (Wildman–Crippen LogP) is 3.27. The summed E-state index contributed by atoms with van der Waals surface area (Å²) < 4.78 is 5.06. The van der Waals surface area contributed by atoms with E-state index in [1.807, 2.05) is 12.1 Å². The van der Waals surface area contributed by atoms with Crippen molar-refractivity contribution in [3.63, 3.8) is 0 Å². The van der Waals surface area contributed by atoms with Gasteiger partial charge in [-0.25, -0.2) is 9.98 Å².